The fourth-order valence-electron chi connectivity index (χ4n) is 4.91. The smallest absolute Gasteiger partial charge is 0.313 e. The Kier molecular flexibility index (Phi) is 31.7. The zero-order valence-electron chi connectivity index (χ0n) is 26.3. The third kappa shape index (κ3) is 32.7. The molecule has 0 N–H and O–H groups in total. The molecule has 0 saturated carbocycles. The van der Waals surface area contributed by atoms with Gasteiger partial charge < -0.3 is 4.74 Å². The summed E-state index contributed by atoms with van der Waals surface area (Å²) < 4.78 is 4.99. The van der Waals surface area contributed by atoms with Gasteiger partial charge in [-0.05, 0) is 64.2 Å². The highest BCUT2D eigenvalue weighted by molar-refractivity contribution is 5.85. The summed E-state index contributed by atoms with van der Waals surface area (Å²) in [4.78, 5) is 23.8. The number of allylic oxidation sites excluding steroid dienone is 4. The molecule has 0 amide bonds. The molecule has 0 unspecified atom stereocenters. The van der Waals surface area contributed by atoms with Crippen LogP contribution in [0.25, 0.3) is 0 Å². The largest absolute Gasteiger partial charge is 0.393 e. The van der Waals surface area contributed by atoms with Gasteiger partial charge in [0.05, 0.1) is 0 Å². The number of hydrogen-bond acceptors (Lipinski definition) is 3. The zero-order chi connectivity index (χ0) is 28.5. The van der Waals surface area contributed by atoms with Crippen molar-refractivity contribution in [2.75, 3.05) is 0 Å². The molecule has 0 spiro atoms. The Hall–Kier alpha value is -1.38. The summed E-state index contributed by atoms with van der Waals surface area (Å²) >= 11 is 0. The lowest BCUT2D eigenvalue weighted by Gasteiger charge is -2.04. The minimum absolute atomic E-state index is 0.342. The molecule has 0 bridgehead atoms. The van der Waals surface area contributed by atoms with Gasteiger partial charge in [0.15, 0.2) is 0 Å². The molecule has 0 atom stereocenters. The zero-order valence-corrected chi connectivity index (χ0v) is 26.3. The van der Waals surface area contributed by atoms with E-state index in [0.29, 0.717) is 12.8 Å². The van der Waals surface area contributed by atoms with Crippen molar-refractivity contribution in [3.05, 3.63) is 24.3 Å². The number of unbranched alkanes of at least 4 members (excludes halogenated alkanes) is 22. The van der Waals surface area contributed by atoms with E-state index >= 15 is 0 Å². The maximum atomic E-state index is 11.9. The lowest BCUT2D eigenvalue weighted by atomic mass is 10.1. The van der Waals surface area contributed by atoms with E-state index in [1.165, 1.54) is 128 Å². The Labute approximate surface area is 244 Å². The van der Waals surface area contributed by atoms with Crippen molar-refractivity contribution < 1.29 is 14.3 Å². The summed E-state index contributed by atoms with van der Waals surface area (Å²) in [5.74, 6) is -0.684. The molecule has 0 aliphatic heterocycles. The SMILES string of the molecule is CCCCCCCC/C=C\CCCCCCC[14C](=O)O[14C](=O)CCCCCCC/C=C\CCCCCCCC. The van der Waals surface area contributed by atoms with Crippen LogP contribution in [0.1, 0.15) is 194 Å². The molecule has 228 valence electrons. The van der Waals surface area contributed by atoms with Crippen LogP contribution in [0.15, 0.2) is 24.3 Å². The Morgan fingerprint density at radius 2 is 0.641 bits per heavy atom. The van der Waals surface area contributed by atoms with E-state index in [1.807, 2.05) is 0 Å². The topological polar surface area (TPSA) is 43.4 Å². The molecule has 0 aromatic rings. The number of ether oxygens (including phenoxy) is 1. The first-order valence-corrected chi connectivity index (χ1v) is 17.2. The first-order chi connectivity index (χ1) is 19.2. The second kappa shape index (κ2) is 32.8. The van der Waals surface area contributed by atoms with Crippen LogP contribution in [-0.4, -0.2) is 11.9 Å². The van der Waals surface area contributed by atoms with E-state index in [-0.39, 0.29) is 11.9 Å². The number of esters is 2. The number of hydrogen-bond donors (Lipinski definition) is 0. The van der Waals surface area contributed by atoms with E-state index in [1.54, 1.807) is 0 Å². The third-order valence-corrected chi connectivity index (χ3v) is 7.51. The number of carbonyl (C=O) groups excluding carboxylic acids is 2. The predicted octanol–water partition coefficient (Wildman–Crippen LogP) is 12.1. The summed E-state index contributed by atoms with van der Waals surface area (Å²) in [5, 5.41) is 0. The molecule has 0 aliphatic rings. The van der Waals surface area contributed by atoms with Gasteiger partial charge in [0.25, 0.3) is 0 Å². The van der Waals surface area contributed by atoms with Gasteiger partial charge in [-0.15, -0.1) is 0 Å². The van der Waals surface area contributed by atoms with Gasteiger partial charge in [0.2, 0.25) is 0 Å². The summed E-state index contributed by atoms with van der Waals surface area (Å²) in [7, 11) is 0. The quantitative estimate of drug-likeness (QED) is 0.0386. The molecular formula is C36H66O3. The predicted molar refractivity (Wildman–Crippen MR) is 170 cm³/mol. The van der Waals surface area contributed by atoms with Crippen molar-refractivity contribution in [1.29, 1.82) is 0 Å². The Balaban J connectivity index is 3.37. The molecule has 0 saturated heterocycles. The van der Waals surface area contributed by atoms with Gasteiger partial charge in [-0.1, -0.05) is 141 Å². The standard InChI is InChI=1S/C36H66O3/c1-3-5-7-9-11-13-15-17-19-21-23-25-27-29-31-33-35(37)39-36(38)34-32-30-28-26-24-22-20-18-16-14-12-10-8-6-4-2/h17-20H,3-16,21-34H2,1-2H3/b19-17-,20-18-/i35+2,36+2. The van der Waals surface area contributed by atoms with Gasteiger partial charge >= 0.3 is 11.9 Å². The van der Waals surface area contributed by atoms with Crippen molar-refractivity contribution in [2.45, 2.75) is 194 Å². The average molecular weight is 551 g/mol. The molecule has 0 rings (SSSR count). The molecule has 0 aromatic carbocycles. The van der Waals surface area contributed by atoms with Crippen molar-refractivity contribution in [3.63, 3.8) is 0 Å². The van der Waals surface area contributed by atoms with Crippen LogP contribution in [0.3, 0.4) is 0 Å². The Bertz CT molecular complexity index is 528. The van der Waals surface area contributed by atoms with Crippen LogP contribution in [0, 0.1) is 0 Å². The minimum atomic E-state index is -0.342. The maximum absolute atomic E-state index is 11.9. The molecule has 0 radical (unpaired) electrons. The molecule has 0 fully saturated rings. The van der Waals surface area contributed by atoms with E-state index in [9.17, 15) is 9.59 Å². The summed E-state index contributed by atoms with van der Waals surface area (Å²) in [5.41, 5.74) is 0. The highest BCUT2D eigenvalue weighted by atomic mass is 16.9. The molecule has 39 heavy (non-hydrogen) atoms. The van der Waals surface area contributed by atoms with Gasteiger partial charge in [-0.25, -0.2) is 0 Å². The Morgan fingerprint density at radius 3 is 0.949 bits per heavy atom. The van der Waals surface area contributed by atoms with Crippen LogP contribution in [-0.2, 0) is 14.3 Å². The second-order valence-corrected chi connectivity index (χ2v) is 11.5. The average Bonchev–Trinajstić information content (AvgIpc) is 2.93. The molecule has 0 heterocycles. The van der Waals surface area contributed by atoms with E-state index < -0.39 is 0 Å². The molecule has 0 aliphatic carbocycles. The Morgan fingerprint density at radius 1 is 0.385 bits per heavy atom. The second-order valence-electron chi connectivity index (χ2n) is 11.5. The number of rotatable bonds is 30. The monoisotopic (exact) mass is 551 g/mol. The minimum Gasteiger partial charge on any atom is -0.393 e. The van der Waals surface area contributed by atoms with Crippen LogP contribution in [0.5, 0.6) is 0 Å². The molecule has 3 nitrogen and oxygen atoms in total. The van der Waals surface area contributed by atoms with Gasteiger partial charge in [0, 0.05) is 12.8 Å². The first kappa shape index (κ1) is 37.6. The molecule has 3 heteroatoms. The third-order valence-electron chi connectivity index (χ3n) is 7.51. The van der Waals surface area contributed by atoms with Crippen molar-refractivity contribution in [1.82, 2.24) is 0 Å². The highest BCUT2D eigenvalue weighted by Gasteiger charge is 2.09. The molecular weight excluding hydrogens is 484 g/mol. The van der Waals surface area contributed by atoms with Crippen LogP contribution in [0.2, 0.25) is 0 Å². The number of carbonyl (C=O) groups is 2. The van der Waals surface area contributed by atoms with Gasteiger partial charge in [-0.3, -0.25) is 9.59 Å². The fraction of sp³-hybridized carbons (Fsp3) is 0.833. The van der Waals surface area contributed by atoms with Crippen LogP contribution >= 0.6 is 0 Å². The lowest BCUT2D eigenvalue weighted by Crippen LogP contribution is -2.11. The van der Waals surface area contributed by atoms with Gasteiger partial charge in [0.1, 0.15) is 0 Å². The summed E-state index contributed by atoms with van der Waals surface area (Å²) in [6.07, 6.45) is 42.2. The first-order valence-electron chi connectivity index (χ1n) is 17.2. The van der Waals surface area contributed by atoms with E-state index in [0.717, 1.165) is 38.5 Å². The van der Waals surface area contributed by atoms with Gasteiger partial charge in [-0.2, -0.15) is 0 Å². The van der Waals surface area contributed by atoms with E-state index in [2.05, 4.69) is 38.2 Å². The highest BCUT2D eigenvalue weighted by Crippen LogP contribution is 2.12. The fourth-order valence-corrected chi connectivity index (χ4v) is 4.91. The van der Waals surface area contributed by atoms with E-state index in [4.69, 9.17) is 4.74 Å². The van der Waals surface area contributed by atoms with Crippen molar-refractivity contribution >= 4 is 11.9 Å². The molecule has 0 aromatic heterocycles. The normalized spacial score (nSPS) is 11.6. The maximum Gasteiger partial charge on any atom is 0.313 e. The van der Waals surface area contributed by atoms with Crippen molar-refractivity contribution in [3.8, 4) is 0 Å². The van der Waals surface area contributed by atoms with Crippen LogP contribution < -0.4 is 0 Å². The van der Waals surface area contributed by atoms with Crippen LogP contribution in [0.4, 0.5) is 0 Å². The van der Waals surface area contributed by atoms with Crippen molar-refractivity contribution in [2.24, 2.45) is 0 Å². The lowest BCUT2D eigenvalue weighted by molar-refractivity contribution is -0.159. The summed E-state index contributed by atoms with van der Waals surface area (Å²) in [6, 6.07) is 0. The summed E-state index contributed by atoms with van der Waals surface area (Å²) in [6.45, 7) is 4.53.